The zero-order chi connectivity index (χ0) is 15.2. The molecule has 0 radical (unpaired) electrons. The van der Waals surface area contributed by atoms with Crippen LogP contribution in [0, 0.1) is 6.92 Å². The van der Waals surface area contributed by atoms with Gasteiger partial charge in [-0.3, -0.25) is 4.90 Å². The predicted octanol–water partition coefficient (Wildman–Crippen LogP) is 2.54. The molecular formula is C17H27NO3. The van der Waals surface area contributed by atoms with Crippen molar-refractivity contribution in [1.29, 1.82) is 0 Å². The SMILES string of the molecule is CCN(CC1CCCO1)CC(O)c1cc(C)ccc1OC. The fraction of sp³-hybridized carbons (Fsp3) is 0.647. The van der Waals surface area contributed by atoms with Crippen LogP contribution in [0.4, 0.5) is 0 Å². The van der Waals surface area contributed by atoms with Crippen LogP contribution in [-0.4, -0.2) is 49.5 Å². The maximum Gasteiger partial charge on any atom is 0.124 e. The molecule has 1 fully saturated rings. The highest BCUT2D eigenvalue weighted by atomic mass is 16.5. The monoisotopic (exact) mass is 293 g/mol. The van der Waals surface area contributed by atoms with Crippen molar-refractivity contribution in [1.82, 2.24) is 4.90 Å². The maximum absolute atomic E-state index is 10.6. The Morgan fingerprint density at radius 1 is 1.48 bits per heavy atom. The average molecular weight is 293 g/mol. The minimum absolute atomic E-state index is 0.316. The number of hydrogen-bond acceptors (Lipinski definition) is 4. The van der Waals surface area contributed by atoms with E-state index in [-0.39, 0.29) is 0 Å². The number of likely N-dealkylation sites (N-methyl/N-ethyl adjacent to an activating group) is 1. The van der Waals surface area contributed by atoms with Crippen LogP contribution in [-0.2, 0) is 4.74 Å². The Hall–Kier alpha value is -1.10. The topological polar surface area (TPSA) is 41.9 Å². The van der Waals surface area contributed by atoms with E-state index in [1.54, 1.807) is 7.11 Å². The summed E-state index contributed by atoms with van der Waals surface area (Å²) in [5.74, 6) is 0.751. The Morgan fingerprint density at radius 2 is 2.29 bits per heavy atom. The second-order valence-electron chi connectivity index (χ2n) is 5.75. The molecule has 0 amide bonds. The number of aliphatic hydroxyl groups is 1. The number of aryl methyl sites for hydroxylation is 1. The molecule has 4 nitrogen and oxygen atoms in total. The average Bonchev–Trinajstić information content (AvgIpc) is 2.99. The molecule has 1 aliphatic heterocycles. The molecule has 118 valence electrons. The van der Waals surface area contributed by atoms with E-state index in [1.165, 1.54) is 0 Å². The molecule has 0 aromatic heterocycles. The lowest BCUT2D eigenvalue weighted by Crippen LogP contribution is -2.35. The van der Waals surface area contributed by atoms with Crippen molar-refractivity contribution in [3.8, 4) is 5.75 Å². The third-order valence-corrected chi connectivity index (χ3v) is 4.11. The molecule has 2 rings (SSSR count). The fourth-order valence-electron chi connectivity index (χ4n) is 2.87. The first-order valence-corrected chi connectivity index (χ1v) is 7.80. The minimum Gasteiger partial charge on any atom is -0.496 e. The van der Waals surface area contributed by atoms with Gasteiger partial charge in [0.2, 0.25) is 0 Å². The predicted molar refractivity (Wildman–Crippen MR) is 83.8 cm³/mol. The van der Waals surface area contributed by atoms with Crippen molar-refractivity contribution < 1.29 is 14.6 Å². The van der Waals surface area contributed by atoms with Gasteiger partial charge < -0.3 is 14.6 Å². The van der Waals surface area contributed by atoms with Gasteiger partial charge >= 0.3 is 0 Å². The largest absolute Gasteiger partial charge is 0.496 e. The van der Waals surface area contributed by atoms with Gasteiger partial charge in [0.15, 0.2) is 0 Å². The van der Waals surface area contributed by atoms with Gasteiger partial charge in [-0.15, -0.1) is 0 Å². The molecule has 1 aromatic carbocycles. The van der Waals surface area contributed by atoms with Gasteiger partial charge in [-0.05, 0) is 38.4 Å². The Balaban J connectivity index is 2.01. The maximum atomic E-state index is 10.6. The van der Waals surface area contributed by atoms with Crippen LogP contribution in [0.2, 0.25) is 0 Å². The normalized spacial score (nSPS) is 20.0. The minimum atomic E-state index is -0.541. The van der Waals surface area contributed by atoms with Crippen molar-refractivity contribution >= 4 is 0 Å². The summed E-state index contributed by atoms with van der Waals surface area (Å²) in [5, 5.41) is 10.6. The van der Waals surface area contributed by atoms with Crippen LogP contribution >= 0.6 is 0 Å². The third-order valence-electron chi connectivity index (χ3n) is 4.11. The van der Waals surface area contributed by atoms with E-state index in [4.69, 9.17) is 9.47 Å². The number of nitrogens with zero attached hydrogens (tertiary/aromatic N) is 1. The standard InChI is InChI=1S/C17H27NO3/c1-4-18(11-14-6-5-9-21-14)12-16(19)15-10-13(2)7-8-17(15)20-3/h7-8,10,14,16,19H,4-6,9,11-12H2,1-3H3. The van der Waals surface area contributed by atoms with Gasteiger partial charge in [0, 0.05) is 25.3 Å². The van der Waals surface area contributed by atoms with Crippen LogP contribution in [0.5, 0.6) is 5.75 Å². The van der Waals surface area contributed by atoms with Gasteiger partial charge in [-0.25, -0.2) is 0 Å². The lowest BCUT2D eigenvalue weighted by Gasteiger charge is -2.27. The third kappa shape index (κ3) is 4.43. The number of hydrogen-bond donors (Lipinski definition) is 1. The summed E-state index contributed by atoms with van der Waals surface area (Å²) < 4.78 is 11.1. The summed E-state index contributed by atoms with van der Waals surface area (Å²) >= 11 is 0. The molecule has 2 atom stereocenters. The van der Waals surface area contributed by atoms with Crippen molar-refractivity contribution in [2.24, 2.45) is 0 Å². The second kappa shape index (κ2) is 7.78. The van der Waals surface area contributed by atoms with Crippen LogP contribution in [0.1, 0.15) is 37.0 Å². The van der Waals surface area contributed by atoms with E-state index in [2.05, 4.69) is 11.8 Å². The van der Waals surface area contributed by atoms with Crippen molar-refractivity contribution in [3.05, 3.63) is 29.3 Å². The zero-order valence-electron chi connectivity index (χ0n) is 13.3. The molecule has 1 saturated heterocycles. The molecule has 1 heterocycles. The Morgan fingerprint density at radius 3 is 2.90 bits per heavy atom. The highest BCUT2D eigenvalue weighted by molar-refractivity contribution is 5.38. The first-order valence-electron chi connectivity index (χ1n) is 7.80. The van der Waals surface area contributed by atoms with E-state index in [0.29, 0.717) is 12.6 Å². The lowest BCUT2D eigenvalue weighted by molar-refractivity contribution is 0.0510. The van der Waals surface area contributed by atoms with Gasteiger partial charge in [-0.2, -0.15) is 0 Å². The molecule has 1 aromatic rings. The number of aliphatic hydroxyl groups excluding tert-OH is 1. The molecule has 2 unspecified atom stereocenters. The molecule has 0 spiro atoms. The number of benzene rings is 1. The molecule has 21 heavy (non-hydrogen) atoms. The molecular weight excluding hydrogens is 266 g/mol. The quantitative estimate of drug-likeness (QED) is 0.839. The summed E-state index contributed by atoms with van der Waals surface area (Å²) in [6.45, 7) is 7.42. The summed E-state index contributed by atoms with van der Waals surface area (Å²) in [7, 11) is 1.64. The summed E-state index contributed by atoms with van der Waals surface area (Å²) in [5.41, 5.74) is 2.00. The van der Waals surface area contributed by atoms with Crippen molar-refractivity contribution in [3.63, 3.8) is 0 Å². The summed E-state index contributed by atoms with van der Waals surface area (Å²) in [4.78, 5) is 2.25. The van der Waals surface area contributed by atoms with E-state index >= 15 is 0 Å². The Labute approximate surface area is 127 Å². The number of methoxy groups -OCH3 is 1. The van der Waals surface area contributed by atoms with E-state index < -0.39 is 6.10 Å². The van der Waals surface area contributed by atoms with Crippen molar-refractivity contribution in [2.45, 2.75) is 38.9 Å². The highest BCUT2D eigenvalue weighted by Crippen LogP contribution is 2.27. The molecule has 0 aliphatic carbocycles. The van der Waals surface area contributed by atoms with Crippen molar-refractivity contribution in [2.75, 3.05) is 33.4 Å². The summed E-state index contributed by atoms with van der Waals surface area (Å²) in [6, 6.07) is 5.92. The molecule has 1 N–H and O–H groups in total. The van der Waals surface area contributed by atoms with E-state index in [1.807, 2.05) is 25.1 Å². The highest BCUT2D eigenvalue weighted by Gasteiger charge is 2.22. The van der Waals surface area contributed by atoms with E-state index in [9.17, 15) is 5.11 Å². The first-order chi connectivity index (χ1) is 10.1. The Kier molecular flexibility index (Phi) is 6.03. The zero-order valence-corrected chi connectivity index (χ0v) is 13.3. The van der Waals surface area contributed by atoms with Gasteiger partial charge in [0.1, 0.15) is 5.75 Å². The number of rotatable bonds is 7. The van der Waals surface area contributed by atoms with E-state index in [0.717, 1.165) is 49.4 Å². The first kappa shape index (κ1) is 16.3. The van der Waals surface area contributed by atoms with Gasteiger partial charge in [0.05, 0.1) is 19.3 Å². The summed E-state index contributed by atoms with van der Waals surface area (Å²) in [6.07, 6.45) is 2.05. The van der Waals surface area contributed by atoms with Crippen LogP contribution in [0.15, 0.2) is 18.2 Å². The molecule has 0 bridgehead atoms. The van der Waals surface area contributed by atoms with Gasteiger partial charge in [-0.1, -0.05) is 18.6 Å². The lowest BCUT2D eigenvalue weighted by atomic mass is 10.0. The van der Waals surface area contributed by atoms with Crippen LogP contribution in [0.25, 0.3) is 0 Å². The van der Waals surface area contributed by atoms with Gasteiger partial charge in [0.25, 0.3) is 0 Å². The molecule has 1 aliphatic rings. The fourth-order valence-corrected chi connectivity index (χ4v) is 2.87. The Bertz CT molecular complexity index is 444. The smallest absolute Gasteiger partial charge is 0.124 e. The van der Waals surface area contributed by atoms with Crippen LogP contribution < -0.4 is 4.74 Å². The number of ether oxygens (including phenoxy) is 2. The molecule has 0 saturated carbocycles. The second-order valence-corrected chi connectivity index (χ2v) is 5.75. The molecule has 4 heteroatoms. The van der Waals surface area contributed by atoms with Crippen LogP contribution in [0.3, 0.4) is 0 Å².